The Kier molecular flexibility index (Phi) is 4.81. The van der Waals surface area contributed by atoms with Gasteiger partial charge in [-0.1, -0.05) is 25.4 Å². The second-order valence-corrected chi connectivity index (χ2v) is 7.66. The number of pyridine rings is 1. The molecular weight excluding hydrogens is 294 g/mol. The van der Waals surface area contributed by atoms with E-state index in [1.165, 1.54) is 6.20 Å². The van der Waals surface area contributed by atoms with Crippen LogP contribution in [-0.2, 0) is 0 Å². The molecule has 0 saturated carbocycles. The highest BCUT2D eigenvalue weighted by atomic mass is 35.5. The molecule has 1 N–H and O–H groups in total. The van der Waals surface area contributed by atoms with Gasteiger partial charge in [-0.15, -0.1) is 0 Å². The number of halogens is 1. The first-order valence-corrected chi connectivity index (χ1v) is 8.06. The minimum Gasteiger partial charge on any atom is -0.373 e. The van der Waals surface area contributed by atoms with E-state index in [2.05, 4.69) is 24.1 Å². The van der Waals surface area contributed by atoms with E-state index in [1.807, 2.05) is 16.7 Å². The van der Waals surface area contributed by atoms with Crippen molar-refractivity contribution in [1.29, 1.82) is 0 Å². The van der Waals surface area contributed by atoms with Crippen LogP contribution in [0, 0.1) is 0 Å². The van der Waals surface area contributed by atoms with Crippen LogP contribution in [0.2, 0.25) is 5.02 Å². The van der Waals surface area contributed by atoms with E-state index in [1.54, 1.807) is 13.1 Å². The van der Waals surface area contributed by atoms with E-state index in [0.717, 1.165) is 25.3 Å². The van der Waals surface area contributed by atoms with Gasteiger partial charge in [0.2, 0.25) is 0 Å². The van der Waals surface area contributed by atoms with Crippen molar-refractivity contribution in [3.8, 4) is 0 Å². The Balaban J connectivity index is 2.18. The van der Waals surface area contributed by atoms with Gasteiger partial charge in [-0.25, -0.2) is 4.98 Å². The lowest BCUT2D eigenvalue weighted by atomic mass is 10.1. The summed E-state index contributed by atoms with van der Waals surface area (Å²) in [5.74, 6) is 1.61. The largest absolute Gasteiger partial charge is 0.373 e. The van der Waals surface area contributed by atoms with Crippen LogP contribution in [0.4, 0.5) is 5.82 Å². The number of thioether (sulfide) groups is 1. The molecule has 6 heteroatoms. The zero-order valence-corrected chi connectivity index (χ0v) is 13.6. The molecule has 0 aliphatic carbocycles. The number of hydrogen-bond acceptors (Lipinski definition) is 4. The number of carbonyl (C=O) groups is 1. The fraction of sp³-hybridized carbons (Fsp3) is 0.571. The number of amides is 1. The van der Waals surface area contributed by atoms with Crippen molar-refractivity contribution in [3.63, 3.8) is 0 Å². The van der Waals surface area contributed by atoms with E-state index in [-0.39, 0.29) is 10.7 Å². The van der Waals surface area contributed by atoms with Gasteiger partial charge in [-0.2, -0.15) is 11.8 Å². The molecule has 0 spiro atoms. The molecule has 1 aromatic heterocycles. The summed E-state index contributed by atoms with van der Waals surface area (Å²) in [6, 6.07) is 1.72. The first-order chi connectivity index (χ1) is 9.43. The van der Waals surface area contributed by atoms with Crippen LogP contribution in [0.1, 0.15) is 30.6 Å². The van der Waals surface area contributed by atoms with Crippen LogP contribution >= 0.6 is 23.4 Å². The van der Waals surface area contributed by atoms with Crippen LogP contribution in [0.3, 0.4) is 0 Å². The lowest BCUT2D eigenvalue weighted by Crippen LogP contribution is -2.33. The van der Waals surface area contributed by atoms with Crippen LogP contribution < -0.4 is 5.32 Å². The monoisotopic (exact) mass is 313 g/mol. The Hall–Kier alpha value is -0.940. The Morgan fingerprint density at radius 2 is 2.25 bits per heavy atom. The predicted octanol–water partition coefficient (Wildman–Crippen LogP) is 3.13. The third kappa shape index (κ3) is 3.58. The highest BCUT2D eigenvalue weighted by Gasteiger charge is 2.27. The second-order valence-electron chi connectivity index (χ2n) is 5.45. The molecule has 1 aromatic rings. The highest BCUT2D eigenvalue weighted by molar-refractivity contribution is 8.00. The first-order valence-electron chi connectivity index (χ1n) is 6.69. The predicted molar refractivity (Wildman–Crippen MR) is 85.9 cm³/mol. The molecule has 2 rings (SSSR count). The molecule has 4 nitrogen and oxygen atoms in total. The molecule has 0 aromatic carbocycles. The Bertz CT molecular complexity index is 507. The fourth-order valence-corrected chi connectivity index (χ4v) is 3.42. The number of rotatable bonds is 2. The SMILES string of the molecule is CNc1cc(C(=O)N2CCSC(C)(C)CC2)c(Cl)cn1. The van der Waals surface area contributed by atoms with Crippen LogP contribution in [0.25, 0.3) is 0 Å². The third-order valence-electron chi connectivity index (χ3n) is 3.47. The molecule has 1 saturated heterocycles. The molecule has 0 atom stereocenters. The van der Waals surface area contributed by atoms with Crippen LogP contribution in [0.5, 0.6) is 0 Å². The maximum atomic E-state index is 12.6. The number of anilines is 1. The van der Waals surface area contributed by atoms with E-state index in [0.29, 0.717) is 16.4 Å². The van der Waals surface area contributed by atoms with Crippen molar-refractivity contribution >= 4 is 35.1 Å². The lowest BCUT2D eigenvalue weighted by molar-refractivity contribution is 0.0764. The number of carbonyl (C=O) groups excluding carboxylic acids is 1. The number of nitrogens with zero attached hydrogens (tertiary/aromatic N) is 2. The zero-order chi connectivity index (χ0) is 14.8. The van der Waals surface area contributed by atoms with Crippen molar-refractivity contribution < 1.29 is 4.79 Å². The second kappa shape index (κ2) is 6.22. The van der Waals surface area contributed by atoms with Crippen molar-refractivity contribution in [2.24, 2.45) is 0 Å². The molecule has 0 unspecified atom stereocenters. The molecule has 2 heterocycles. The van der Waals surface area contributed by atoms with E-state index in [4.69, 9.17) is 11.6 Å². The van der Waals surface area contributed by atoms with Gasteiger partial charge >= 0.3 is 0 Å². The molecular formula is C14H20ClN3OS. The summed E-state index contributed by atoms with van der Waals surface area (Å²) < 4.78 is 0.229. The first kappa shape index (κ1) is 15.4. The van der Waals surface area contributed by atoms with Gasteiger partial charge < -0.3 is 10.2 Å². The topological polar surface area (TPSA) is 45.2 Å². The van der Waals surface area contributed by atoms with Gasteiger partial charge in [-0.3, -0.25) is 4.79 Å². The Morgan fingerprint density at radius 1 is 1.50 bits per heavy atom. The van der Waals surface area contributed by atoms with Crippen molar-refractivity contribution in [2.75, 3.05) is 31.2 Å². The van der Waals surface area contributed by atoms with Crippen molar-refractivity contribution in [2.45, 2.75) is 25.0 Å². The third-order valence-corrected chi connectivity index (χ3v) is 5.14. The minimum absolute atomic E-state index is 0.00722. The maximum absolute atomic E-state index is 12.6. The van der Waals surface area contributed by atoms with E-state index < -0.39 is 0 Å². The molecule has 0 radical (unpaired) electrons. The molecule has 20 heavy (non-hydrogen) atoms. The van der Waals surface area contributed by atoms with Crippen LogP contribution in [-0.4, -0.2) is 46.4 Å². The maximum Gasteiger partial charge on any atom is 0.255 e. The average Bonchev–Trinajstić information content (AvgIpc) is 2.59. The average molecular weight is 314 g/mol. The summed E-state index contributed by atoms with van der Waals surface area (Å²) in [4.78, 5) is 18.6. The number of aromatic nitrogens is 1. The molecule has 1 amide bonds. The zero-order valence-electron chi connectivity index (χ0n) is 12.1. The van der Waals surface area contributed by atoms with Gasteiger partial charge in [0.05, 0.1) is 10.6 Å². The van der Waals surface area contributed by atoms with Gasteiger partial charge in [-0.05, 0) is 12.5 Å². The summed E-state index contributed by atoms with van der Waals surface area (Å²) in [5.41, 5.74) is 0.524. The van der Waals surface area contributed by atoms with Crippen LogP contribution in [0.15, 0.2) is 12.3 Å². The van der Waals surface area contributed by atoms with Crippen molar-refractivity contribution in [3.05, 3.63) is 22.8 Å². The number of hydrogen-bond donors (Lipinski definition) is 1. The Labute approximate surface area is 129 Å². The van der Waals surface area contributed by atoms with E-state index in [9.17, 15) is 4.79 Å². The smallest absolute Gasteiger partial charge is 0.255 e. The quantitative estimate of drug-likeness (QED) is 0.911. The highest BCUT2D eigenvalue weighted by Crippen LogP contribution is 2.31. The summed E-state index contributed by atoms with van der Waals surface area (Å²) in [6.45, 7) is 5.99. The van der Waals surface area contributed by atoms with E-state index >= 15 is 0 Å². The van der Waals surface area contributed by atoms with Gasteiger partial charge in [0.15, 0.2) is 0 Å². The van der Waals surface area contributed by atoms with Gasteiger partial charge in [0, 0.05) is 36.8 Å². The standard InChI is InChI=1S/C14H20ClN3OS/c1-14(2)4-5-18(6-7-20-14)13(19)10-8-12(16-3)17-9-11(10)15/h8-9H,4-7H2,1-3H3,(H,16,17). The minimum atomic E-state index is -0.00722. The lowest BCUT2D eigenvalue weighted by Gasteiger charge is -2.23. The normalized spacial score (nSPS) is 18.5. The van der Waals surface area contributed by atoms with Gasteiger partial charge in [0.1, 0.15) is 5.82 Å². The molecule has 1 aliphatic heterocycles. The summed E-state index contributed by atoms with van der Waals surface area (Å²) in [6.07, 6.45) is 2.52. The molecule has 0 bridgehead atoms. The number of nitrogens with one attached hydrogen (secondary N) is 1. The Morgan fingerprint density at radius 3 is 2.95 bits per heavy atom. The summed E-state index contributed by atoms with van der Waals surface area (Å²) >= 11 is 8.04. The van der Waals surface area contributed by atoms with Crippen molar-refractivity contribution in [1.82, 2.24) is 9.88 Å². The molecule has 1 fully saturated rings. The molecule has 110 valence electrons. The molecule has 1 aliphatic rings. The fourth-order valence-electron chi connectivity index (χ4n) is 2.13. The summed E-state index contributed by atoms with van der Waals surface area (Å²) in [5, 5.41) is 3.34. The summed E-state index contributed by atoms with van der Waals surface area (Å²) in [7, 11) is 1.77. The van der Waals surface area contributed by atoms with Gasteiger partial charge in [0.25, 0.3) is 5.91 Å².